The van der Waals surface area contributed by atoms with Crippen molar-refractivity contribution in [2.45, 2.75) is 32.4 Å². The third-order valence-corrected chi connectivity index (χ3v) is 3.62. The van der Waals surface area contributed by atoms with E-state index >= 15 is 0 Å². The normalized spacial score (nSPS) is 12.6. The maximum Gasteiger partial charge on any atom is 0.129 e. The Balaban J connectivity index is 2.17. The van der Waals surface area contributed by atoms with Crippen molar-refractivity contribution in [2.75, 3.05) is 0 Å². The molecule has 0 radical (unpaired) electrons. The summed E-state index contributed by atoms with van der Waals surface area (Å²) in [5.74, 6) is 0.686. The minimum absolute atomic E-state index is 0.0934. The molecular formula is C14H17BrFN3. The number of aromatic nitrogens is 2. The van der Waals surface area contributed by atoms with Gasteiger partial charge in [0.2, 0.25) is 0 Å². The van der Waals surface area contributed by atoms with E-state index < -0.39 is 0 Å². The van der Waals surface area contributed by atoms with Crippen molar-refractivity contribution in [1.29, 1.82) is 0 Å². The third-order valence-electron chi connectivity index (χ3n) is 3.13. The average molecular weight is 326 g/mol. The molecule has 1 aromatic heterocycles. The number of hydrogen-bond donors (Lipinski definition) is 1. The highest BCUT2D eigenvalue weighted by atomic mass is 79.9. The SMILES string of the molecule is CCC(N)Cc1nccn1Cc1ccc(Br)cc1F. The second-order valence-electron chi connectivity index (χ2n) is 4.58. The van der Waals surface area contributed by atoms with Crippen LogP contribution in [-0.2, 0) is 13.0 Å². The van der Waals surface area contributed by atoms with Crippen LogP contribution in [0.15, 0.2) is 35.1 Å². The fraction of sp³-hybridized carbons (Fsp3) is 0.357. The average Bonchev–Trinajstić information content (AvgIpc) is 2.80. The van der Waals surface area contributed by atoms with Crippen LogP contribution >= 0.6 is 15.9 Å². The number of benzene rings is 1. The molecule has 0 saturated carbocycles. The Morgan fingerprint density at radius 2 is 2.26 bits per heavy atom. The van der Waals surface area contributed by atoms with Crippen molar-refractivity contribution >= 4 is 15.9 Å². The van der Waals surface area contributed by atoms with E-state index in [1.165, 1.54) is 6.07 Å². The first-order valence-electron chi connectivity index (χ1n) is 6.29. The Kier molecular flexibility index (Phi) is 4.71. The van der Waals surface area contributed by atoms with Crippen LogP contribution in [0.4, 0.5) is 4.39 Å². The van der Waals surface area contributed by atoms with Gasteiger partial charge in [0.1, 0.15) is 11.6 Å². The Hall–Kier alpha value is -1.20. The lowest BCUT2D eigenvalue weighted by Gasteiger charge is -2.12. The summed E-state index contributed by atoms with van der Waals surface area (Å²) in [6.07, 6.45) is 5.20. The van der Waals surface area contributed by atoms with Crippen molar-refractivity contribution in [3.63, 3.8) is 0 Å². The molecule has 2 aromatic rings. The molecule has 1 unspecified atom stereocenters. The van der Waals surface area contributed by atoms with Gasteiger partial charge in [0, 0.05) is 34.9 Å². The van der Waals surface area contributed by atoms with Gasteiger partial charge in [-0.25, -0.2) is 9.37 Å². The molecule has 0 aliphatic rings. The molecule has 0 saturated heterocycles. The Morgan fingerprint density at radius 1 is 1.47 bits per heavy atom. The summed E-state index contributed by atoms with van der Waals surface area (Å²) in [6, 6.07) is 5.19. The van der Waals surface area contributed by atoms with Crippen LogP contribution in [-0.4, -0.2) is 15.6 Å². The van der Waals surface area contributed by atoms with Crippen molar-refractivity contribution in [2.24, 2.45) is 5.73 Å². The molecule has 0 bridgehead atoms. The van der Waals surface area contributed by atoms with Gasteiger partial charge in [-0.3, -0.25) is 0 Å². The van der Waals surface area contributed by atoms with Gasteiger partial charge in [0.15, 0.2) is 0 Å². The topological polar surface area (TPSA) is 43.8 Å². The molecular weight excluding hydrogens is 309 g/mol. The fourth-order valence-corrected chi connectivity index (χ4v) is 2.22. The highest BCUT2D eigenvalue weighted by Crippen LogP contribution is 2.17. The fourth-order valence-electron chi connectivity index (χ4n) is 1.89. The summed E-state index contributed by atoms with van der Waals surface area (Å²) >= 11 is 3.26. The highest BCUT2D eigenvalue weighted by Gasteiger charge is 2.10. The van der Waals surface area contributed by atoms with Gasteiger partial charge in [-0.2, -0.15) is 0 Å². The molecule has 1 atom stereocenters. The van der Waals surface area contributed by atoms with Gasteiger partial charge in [0.05, 0.1) is 6.54 Å². The van der Waals surface area contributed by atoms with Crippen molar-refractivity contribution in [1.82, 2.24) is 9.55 Å². The number of nitrogens with two attached hydrogens (primary N) is 1. The lowest BCUT2D eigenvalue weighted by molar-refractivity contribution is 0.574. The first-order valence-corrected chi connectivity index (χ1v) is 7.09. The molecule has 1 heterocycles. The predicted octanol–water partition coefficient (Wildman–Crippen LogP) is 3.11. The summed E-state index contributed by atoms with van der Waals surface area (Å²) in [5, 5.41) is 0. The first-order chi connectivity index (χ1) is 9.10. The summed E-state index contributed by atoms with van der Waals surface area (Å²) in [4.78, 5) is 4.30. The van der Waals surface area contributed by atoms with E-state index in [4.69, 9.17) is 5.73 Å². The molecule has 0 fully saturated rings. The van der Waals surface area contributed by atoms with Crippen LogP contribution in [0, 0.1) is 5.82 Å². The van der Waals surface area contributed by atoms with E-state index in [1.54, 1.807) is 12.3 Å². The van der Waals surface area contributed by atoms with Crippen molar-refractivity contribution < 1.29 is 4.39 Å². The summed E-state index contributed by atoms with van der Waals surface area (Å²) in [5.41, 5.74) is 6.59. The maximum absolute atomic E-state index is 13.8. The number of imidazole rings is 1. The van der Waals surface area contributed by atoms with E-state index in [0.717, 1.165) is 16.7 Å². The zero-order valence-corrected chi connectivity index (χ0v) is 12.4. The van der Waals surface area contributed by atoms with Crippen molar-refractivity contribution in [3.8, 4) is 0 Å². The van der Waals surface area contributed by atoms with E-state index in [-0.39, 0.29) is 11.9 Å². The molecule has 0 aliphatic heterocycles. The van der Waals surface area contributed by atoms with Crippen LogP contribution < -0.4 is 5.73 Å². The van der Waals surface area contributed by atoms with Gasteiger partial charge in [-0.05, 0) is 18.6 Å². The van der Waals surface area contributed by atoms with Gasteiger partial charge in [-0.15, -0.1) is 0 Å². The third kappa shape index (κ3) is 3.64. The molecule has 0 spiro atoms. The monoisotopic (exact) mass is 325 g/mol. The molecule has 1 aromatic carbocycles. The van der Waals surface area contributed by atoms with E-state index in [1.807, 2.05) is 23.8 Å². The second-order valence-corrected chi connectivity index (χ2v) is 5.50. The Labute approximate surface area is 120 Å². The summed E-state index contributed by atoms with van der Waals surface area (Å²) in [7, 11) is 0. The summed E-state index contributed by atoms with van der Waals surface area (Å²) in [6.45, 7) is 2.53. The minimum atomic E-state index is -0.214. The minimum Gasteiger partial charge on any atom is -0.330 e. The van der Waals surface area contributed by atoms with Crippen molar-refractivity contribution in [3.05, 3.63) is 52.3 Å². The number of hydrogen-bond acceptors (Lipinski definition) is 2. The zero-order valence-electron chi connectivity index (χ0n) is 10.8. The van der Waals surface area contributed by atoms with E-state index in [9.17, 15) is 4.39 Å². The maximum atomic E-state index is 13.8. The molecule has 19 heavy (non-hydrogen) atoms. The molecule has 0 amide bonds. The van der Waals surface area contributed by atoms with Gasteiger partial charge >= 0.3 is 0 Å². The lowest BCUT2D eigenvalue weighted by Crippen LogP contribution is -2.23. The van der Waals surface area contributed by atoms with E-state index in [2.05, 4.69) is 20.9 Å². The van der Waals surface area contributed by atoms with Crippen LogP contribution in [0.25, 0.3) is 0 Å². The number of nitrogens with zero attached hydrogens (tertiary/aromatic N) is 2. The van der Waals surface area contributed by atoms with Gasteiger partial charge in [0.25, 0.3) is 0 Å². The Bertz CT molecular complexity index is 553. The zero-order chi connectivity index (χ0) is 13.8. The quantitative estimate of drug-likeness (QED) is 0.917. The number of halogens is 2. The van der Waals surface area contributed by atoms with Crippen LogP contribution in [0.3, 0.4) is 0 Å². The molecule has 2 rings (SSSR count). The van der Waals surface area contributed by atoms with Gasteiger partial charge < -0.3 is 10.3 Å². The second kappa shape index (κ2) is 6.30. The van der Waals surface area contributed by atoms with Crippen LogP contribution in [0.5, 0.6) is 0 Å². The summed E-state index contributed by atoms with van der Waals surface area (Å²) < 4.78 is 16.5. The first kappa shape index (κ1) is 14.2. The molecule has 3 nitrogen and oxygen atoms in total. The van der Waals surface area contributed by atoms with Gasteiger partial charge in [-0.1, -0.05) is 28.9 Å². The van der Waals surface area contributed by atoms with E-state index in [0.29, 0.717) is 18.5 Å². The molecule has 102 valence electrons. The Morgan fingerprint density at radius 3 is 2.95 bits per heavy atom. The number of rotatable bonds is 5. The molecule has 5 heteroatoms. The standard InChI is InChI=1S/C14H17BrFN3/c1-2-12(17)8-14-18-5-6-19(14)9-10-3-4-11(15)7-13(10)16/h3-7,12H,2,8-9,17H2,1H3. The van der Waals surface area contributed by atoms with Crippen LogP contribution in [0.2, 0.25) is 0 Å². The van der Waals surface area contributed by atoms with Crippen LogP contribution in [0.1, 0.15) is 24.7 Å². The highest BCUT2D eigenvalue weighted by molar-refractivity contribution is 9.10. The molecule has 0 aliphatic carbocycles. The predicted molar refractivity (Wildman–Crippen MR) is 77.4 cm³/mol. The lowest BCUT2D eigenvalue weighted by atomic mass is 10.1. The molecule has 2 N–H and O–H groups in total. The largest absolute Gasteiger partial charge is 0.330 e. The smallest absolute Gasteiger partial charge is 0.129 e.